The van der Waals surface area contributed by atoms with Gasteiger partial charge in [-0.3, -0.25) is 14.4 Å². The number of carbonyl (C=O) groups excluding carboxylic acids is 2. The van der Waals surface area contributed by atoms with Gasteiger partial charge in [0, 0.05) is 37.4 Å². The second kappa shape index (κ2) is 8.79. The monoisotopic (exact) mass is 345 g/mol. The molecule has 5 heteroatoms. The van der Waals surface area contributed by atoms with Crippen LogP contribution in [0.3, 0.4) is 0 Å². The molecule has 1 heterocycles. The third kappa shape index (κ3) is 5.41. The van der Waals surface area contributed by atoms with Crippen LogP contribution in [0, 0.1) is 13.8 Å². The van der Waals surface area contributed by atoms with Crippen LogP contribution in [0.4, 0.5) is 0 Å². The molecule has 25 heavy (non-hydrogen) atoms. The van der Waals surface area contributed by atoms with E-state index in [0.29, 0.717) is 18.5 Å². The second-order valence-electron chi connectivity index (χ2n) is 6.91. The van der Waals surface area contributed by atoms with Gasteiger partial charge in [0.05, 0.1) is 0 Å². The maximum atomic E-state index is 12.6. The number of hydrogen-bond acceptors (Lipinski definition) is 3. The fraction of sp³-hybridized carbons (Fsp3) is 0.550. The molecule has 1 unspecified atom stereocenters. The van der Waals surface area contributed by atoms with Crippen LogP contribution in [-0.4, -0.2) is 40.3 Å². The first kappa shape index (κ1) is 19.2. The van der Waals surface area contributed by atoms with Crippen LogP contribution in [0.5, 0.6) is 0 Å². The zero-order valence-electron chi connectivity index (χ0n) is 15.1. The molecule has 0 aliphatic carbocycles. The zero-order chi connectivity index (χ0) is 18.4. The summed E-state index contributed by atoms with van der Waals surface area (Å²) in [6, 6.07) is 5.77. The van der Waals surface area contributed by atoms with Crippen molar-refractivity contribution in [2.45, 2.75) is 64.8 Å². The minimum absolute atomic E-state index is 0.00588. The molecule has 1 saturated heterocycles. The van der Waals surface area contributed by atoms with Crippen molar-refractivity contribution >= 4 is 17.7 Å². The van der Waals surface area contributed by atoms with E-state index in [4.69, 9.17) is 5.11 Å². The van der Waals surface area contributed by atoms with Crippen molar-refractivity contribution in [3.63, 3.8) is 0 Å². The predicted molar refractivity (Wildman–Crippen MR) is 95.7 cm³/mol. The normalized spacial score (nSPS) is 17.4. The number of carboxylic acids is 1. The van der Waals surface area contributed by atoms with E-state index in [9.17, 15) is 14.4 Å². The number of amides is 1. The molecule has 0 spiro atoms. The summed E-state index contributed by atoms with van der Waals surface area (Å²) in [6.07, 6.45) is 3.78. The molecule has 0 radical (unpaired) electrons. The number of piperidine rings is 1. The number of ketones is 1. The third-order valence-electron chi connectivity index (χ3n) is 4.90. The Morgan fingerprint density at radius 3 is 2.60 bits per heavy atom. The lowest BCUT2D eigenvalue weighted by Crippen LogP contribution is -2.44. The third-order valence-corrected chi connectivity index (χ3v) is 4.90. The molecule has 0 bridgehead atoms. The molecule has 5 nitrogen and oxygen atoms in total. The summed E-state index contributed by atoms with van der Waals surface area (Å²) in [5.41, 5.74) is 2.65. The van der Waals surface area contributed by atoms with E-state index in [1.54, 1.807) is 4.90 Å². The van der Waals surface area contributed by atoms with Crippen molar-refractivity contribution in [3.8, 4) is 0 Å². The Morgan fingerprint density at radius 2 is 1.88 bits per heavy atom. The largest absolute Gasteiger partial charge is 0.481 e. The van der Waals surface area contributed by atoms with Crippen LogP contribution in [0.1, 0.15) is 66.4 Å². The van der Waals surface area contributed by atoms with Crippen molar-refractivity contribution in [1.82, 2.24) is 4.90 Å². The molecular formula is C20H27NO4. The second-order valence-corrected chi connectivity index (χ2v) is 6.91. The van der Waals surface area contributed by atoms with Gasteiger partial charge in [-0.25, -0.2) is 0 Å². The van der Waals surface area contributed by atoms with Crippen molar-refractivity contribution < 1.29 is 19.5 Å². The Balaban J connectivity index is 1.94. The van der Waals surface area contributed by atoms with Crippen LogP contribution in [0.25, 0.3) is 0 Å². The highest BCUT2D eigenvalue weighted by atomic mass is 16.4. The van der Waals surface area contributed by atoms with Crippen molar-refractivity contribution in [1.29, 1.82) is 0 Å². The number of Topliss-reactive ketones (excluding diaryl/α,β-unsaturated/α-hetero) is 1. The van der Waals surface area contributed by atoms with Gasteiger partial charge < -0.3 is 10.0 Å². The van der Waals surface area contributed by atoms with Gasteiger partial charge in [0.1, 0.15) is 0 Å². The maximum Gasteiger partial charge on any atom is 0.303 e. The number of nitrogens with zero attached hydrogens (tertiary/aromatic N) is 1. The molecular weight excluding hydrogens is 318 g/mol. The van der Waals surface area contributed by atoms with Crippen LogP contribution >= 0.6 is 0 Å². The SMILES string of the molecule is Cc1ccc(C)c(C(=O)CCC(=O)N2CCCCC2CCC(=O)O)c1. The number of benzene rings is 1. The molecule has 0 aromatic heterocycles. The van der Waals surface area contributed by atoms with Gasteiger partial charge in [0.15, 0.2) is 5.78 Å². The highest BCUT2D eigenvalue weighted by molar-refractivity contribution is 5.99. The Labute approximate surface area is 149 Å². The van der Waals surface area contributed by atoms with Gasteiger partial charge in [-0.2, -0.15) is 0 Å². The van der Waals surface area contributed by atoms with Gasteiger partial charge >= 0.3 is 5.97 Å². The van der Waals surface area contributed by atoms with Gasteiger partial charge in [0.25, 0.3) is 0 Å². The first-order valence-corrected chi connectivity index (χ1v) is 9.00. The van der Waals surface area contributed by atoms with E-state index in [1.165, 1.54) is 0 Å². The molecule has 136 valence electrons. The summed E-state index contributed by atoms with van der Waals surface area (Å²) in [4.78, 5) is 37.6. The van der Waals surface area contributed by atoms with E-state index < -0.39 is 5.97 Å². The lowest BCUT2D eigenvalue weighted by Gasteiger charge is -2.35. The number of carbonyl (C=O) groups is 3. The van der Waals surface area contributed by atoms with E-state index in [2.05, 4.69) is 0 Å². The molecule has 1 aromatic carbocycles. The highest BCUT2D eigenvalue weighted by Crippen LogP contribution is 2.22. The van der Waals surface area contributed by atoms with Crippen LogP contribution in [0.2, 0.25) is 0 Å². The molecule has 1 amide bonds. The summed E-state index contributed by atoms with van der Waals surface area (Å²) in [6.45, 7) is 4.52. The first-order chi connectivity index (χ1) is 11.9. The Hall–Kier alpha value is -2.17. The molecule has 1 aromatic rings. The smallest absolute Gasteiger partial charge is 0.303 e. The Morgan fingerprint density at radius 1 is 1.12 bits per heavy atom. The van der Waals surface area contributed by atoms with Gasteiger partial charge in [-0.15, -0.1) is 0 Å². The lowest BCUT2D eigenvalue weighted by atomic mass is 9.96. The summed E-state index contributed by atoms with van der Waals surface area (Å²) in [7, 11) is 0. The summed E-state index contributed by atoms with van der Waals surface area (Å²) >= 11 is 0. The molecule has 0 saturated carbocycles. The summed E-state index contributed by atoms with van der Waals surface area (Å²) < 4.78 is 0. The van der Waals surface area contributed by atoms with E-state index in [-0.39, 0.29) is 37.0 Å². The molecule has 1 N–H and O–H groups in total. The molecule has 1 aliphatic rings. The lowest BCUT2D eigenvalue weighted by molar-refractivity contribution is -0.140. The predicted octanol–water partition coefficient (Wildman–Crippen LogP) is 3.51. The quantitative estimate of drug-likeness (QED) is 0.767. The standard InChI is InChI=1S/C20H27NO4/c1-14-6-7-15(2)17(13-14)18(22)9-10-19(23)21-12-4-3-5-16(21)8-11-20(24)25/h6-7,13,16H,3-5,8-12H2,1-2H3,(H,24,25). The number of hydrogen-bond donors (Lipinski definition) is 1. The van der Waals surface area contributed by atoms with Crippen molar-refractivity contribution in [3.05, 3.63) is 34.9 Å². The van der Waals surface area contributed by atoms with Crippen LogP contribution in [0.15, 0.2) is 18.2 Å². The van der Waals surface area contributed by atoms with E-state index >= 15 is 0 Å². The average Bonchev–Trinajstić information content (AvgIpc) is 2.59. The van der Waals surface area contributed by atoms with Crippen LogP contribution in [-0.2, 0) is 9.59 Å². The highest BCUT2D eigenvalue weighted by Gasteiger charge is 2.27. The molecule has 1 atom stereocenters. The minimum Gasteiger partial charge on any atom is -0.481 e. The number of likely N-dealkylation sites (tertiary alicyclic amines) is 1. The fourth-order valence-corrected chi connectivity index (χ4v) is 3.45. The summed E-state index contributed by atoms with van der Waals surface area (Å²) in [5.74, 6) is -0.870. The Kier molecular flexibility index (Phi) is 6.73. The molecule has 1 aliphatic heterocycles. The number of aryl methyl sites for hydroxylation is 2. The Bertz CT molecular complexity index is 653. The molecule has 1 fully saturated rings. The zero-order valence-corrected chi connectivity index (χ0v) is 15.1. The van der Waals surface area contributed by atoms with E-state index in [0.717, 1.165) is 30.4 Å². The van der Waals surface area contributed by atoms with Crippen molar-refractivity contribution in [2.24, 2.45) is 0 Å². The fourth-order valence-electron chi connectivity index (χ4n) is 3.45. The topological polar surface area (TPSA) is 74.7 Å². The number of carboxylic acid groups (broad SMARTS) is 1. The van der Waals surface area contributed by atoms with E-state index in [1.807, 2.05) is 32.0 Å². The summed E-state index contributed by atoms with van der Waals surface area (Å²) in [5, 5.41) is 8.87. The average molecular weight is 345 g/mol. The molecule has 2 rings (SSSR count). The van der Waals surface area contributed by atoms with Gasteiger partial charge in [-0.1, -0.05) is 17.7 Å². The number of rotatable bonds is 7. The van der Waals surface area contributed by atoms with Crippen molar-refractivity contribution in [2.75, 3.05) is 6.54 Å². The maximum absolute atomic E-state index is 12.6. The van der Waals surface area contributed by atoms with Crippen LogP contribution < -0.4 is 0 Å². The van der Waals surface area contributed by atoms with Gasteiger partial charge in [-0.05, 0) is 51.2 Å². The first-order valence-electron chi connectivity index (χ1n) is 9.00. The minimum atomic E-state index is -0.830. The van der Waals surface area contributed by atoms with Gasteiger partial charge in [0.2, 0.25) is 5.91 Å². The number of aliphatic carboxylic acids is 1.